The standard InChI is InChI=1S/C31H49ClN2O7S3/c1-2-22(18-31-34(14-6-8-16-44(38,39)40)27-21-25(32)11-12-29(27)42-31)17-30-33(13-5-7-15-43(35,36)37)26-19-23-9-3-4-10-24(23)20-28(26)41-30/h17-18,23-29H,2-16,19-21H2,1H3,(H-,35,36,37,38,39,40)/p+1. The first-order valence-electron chi connectivity index (χ1n) is 16.6. The van der Waals surface area contributed by atoms with Crippen LogP contribution in [0, 0.1) is 11.8 Å². The summed E-state index contributed by atoms with van der Waals surface area (Å²) in [6.07, 6.45) is 17.9. The van der Waals surface area contributed by atoms with Crippen molar-refractivity contribution in [3.63, 3.8) is 0 Å². The predicted molar refractivity (Wildman–Crippen MR) is 177 cm³/mol. The third-order valence-electron chi connectivity index (χ3n) is 10.3. The van der Waals surface area contributed by atoms with Gasteiger partial charge in [-0.3, -0.25) is 9.11 Å². The number of rotatable bonds is 13. The van der Waals surface area contributed by atoms with Crippen molar-refractivity contribution < 1.29 is 35.3 Å². The third-order valence-corrected chi connectivity index (χ3v) is 13.8. The van der Waals surface area contributed by atoms with Gasteiger partial charge in [0.15, 0.2) is 11.9 Å². The first kappa shape index (κ1) is 34.5. The molecule has 5 rings (SSSR count). The minimum Gasteiger partial charge on any atom is -0.474 e. The van der Waals surface area contributed by atoms with Crippen LogP contribution in [0.4, 0.5) is 0 Å². The Bertz CT molecular complexity index is 1330. The highest BCUT2D eigenvalue weighted by Crippen LogP contribution is 2.47. The molecule has 3 saturated carbocycles. The van der Waals surface area contributed by atoms with Crippen molar-refractivity contribution in [3.8, 4) is 0 Å². The Hall–Kier alpha value is -0.790. The van der Waals surface area contributed by atoms with Crippen LogP contribution in [0.2, 0.25) is 0 Å². The van der Waals surface area contributed by atoms with Crippen LogP contribution >= 0.6 is 23.4 Å². The van der Waals surface area contributed by atoms with Gasteiger partial charge in [-0.15, -0.1) is 11.6 Å². The van der Waals surface area contributed by atoms with E-state index in [0.717, 1.165) is 68.4 Å². The molecule has 7 atom stereocenters. The highest BCUT2D eigenvalue weighted by molar-refractivity contribution is 8.14. The number of alkyl halides is 1. The number of hydrogen-bond acceptors (Lipinski definition) is 7. The molecular weight excluding hydrogens is 644 g/mol. The predicted octanol–water partition coefficient (Wildman–Crippen LogP) is 5.86. The maximum atomic E-state index is 11.3. The maximum absolute atomic E-state index is 11.3. The van der Waals surface area contributed by atoms with Crippen LogP contribution in [-0.4, -0.2) is 93.9 Å². The largest absolute Gasteiger partial charge is 0.474 e. The Balaban J connectivity index is 1.38. The first-order valence-corrected chi connectivity index (χ1v) is 21.1. The Morgan fingerprint density at radius 2 is 1.66 bits per heavy atom. The van der Waals surface area contributed by atoms with Crippen molar-refractivity contribution in [1.29, 1.82) is 0 Å². The van der Waals surface area contributed by atoms with Gasteiger partial charge in [-0.2, -0.15) is 16.8 Å². The zero-order valence-corrected chi connectivity index (χ0v) is 29.1. The lowest BCUT2D eigenvalue weighted by Gasteiger charge is -2.42. The number of unbranched alkanes of at least 4 members (excludes halogenated alkanes) is 2. The molecule has 2 N–H and O–H groups in total. The lowest BCUT2D eigenvalue weighted by atomic mass is 9.68. The van der Waals surface area contributed by atoms with Crippen LogP contribution in [-0.2, 0) is 25.0 Å². The molecule has 4 fully saturated rings. The van der Waals surface area contributed by atoms with E-state index in [1.165, 1.54) is 30.7 Å². The van der Waals surface area contributed by atoms with Gasteiger partial charge in [0.1, 0.15) is 12.6 Å². The van der Waals surface area contributed by atoms with Gasteiger partial charge in [0.2, 0.25) is 5.04 Å². The van der Waals surface area contributed by atoms with Crippen LogP contribution in [0.15, 0.2) is 23.6 Å². The van der Waals surface area contributed by atoms with Gasteiger partial charge in [-0.05, 0) is 80.5 Å². The number of nitrogens with zero attached hydrogens (tertiary/aromatic N) is 2. The van der Waals surface area contributed by atoms with E-state index in [1.54, 1.807) is 0 Å². The summed E-state index contributed by atoms with van der Waals surface area (Å²) in [7, 11) is -7.95. The summed E-state index contributed by atoms with van der Waals surface area (Å²) < 4.78 is 72.8. The molecule has 7 unspecified atom stereocenters. The van der Waals surface area contributed by atoms with E-state index in [-0.39, 0.29) is 23.0 Å². The minimum absolute atomic E-state index is 0.140. The van der Waals surface area contributed by atoms with Gasteiger partial charge in [-0.25, -0.2) is 4.58 Å². The molecule has 1 saturated heterocycles. The zero-order chi connectivity index (χ0) is 31.5. The summed E-state index contributed by atoms with van der Waals surface area (Å²) in [4.78, 5) is 2.38. The van der Waals surface area contributed by atoms with Crippen LogP contribution in [0.3, 0.4) is 0 Å². The molecule has 0 aromatic rings. The fourth-order valence-corrected chi connectivity index (χ4v) is 11.1. The highest BCUT2D eigenvalue weighted by Gasteiger charge is 2.47. The van der Waals surface area contributed by atoms with Crippen LogP contribution in [0.1, 0.15) is 96.8 Å². The van der Waals surface area contributed by atoms with Crippen molar-refractivity contribution in [1.82, 2.24) is 4.90 Å². The summed E-state index contributed by atoms with van der Waals surface area (Å²) in [6, 6.07) is 0.605. The van der Waals surface area contributed by atoms with Gasteiger partial charge < -0.3 is 9.64 Å². The smallest absolute Gasteiger partial charge is 0.264 e. The molecule has 44 heavy (non-hydrogen) atoms. The number of halogens is 1. The molecule has 13 heteroatoms. The van der Waals surface area contributed by atoms with Crippen molar-refractivity contribution in [3.05, 3.63) is 23.6 Å². The lowest BCUT2D eigenvalue weighted by Crippen LogP contribution is -2.44. The third kappa shape index (κ3) is 9.18. The summed E-state index contributed by atoms with van der Waals surface area (Å²) >= 11 is 8.51. The Morgan fingerprint density at radius 1 is 0.977 bits per heavy atom. The molecule has 3 aliphatic carbocycles. The van der Waals surface area contributed by atoms with E-state index in [9.17, 15) is 25.9 Å². The quantitative estimate of drug-likeness (QED) is 0.106. The highest BCUT2D eigenvalue weighted by atomic mass is 35.5. The topological polar surface area (TPSA) is 124 Å². The van der Waals surface area contributed by atoms with Crippen molar-refractivity contribution >= 4 is 48.6 Å². The minimum atomic E-state index is -3.98. The summed E-state index contributed by atoms with van der Waals surface area (Å²) in [6.45, 7) is 3.56. The summed E-state index contributed by atoms with van der Waals surface area (Å²) in [5.41, 5.74) is 1.16. The number of ether oxygens (including phenoxy) is 1. The van der Waals surface area contributed by atoms with E-state index in [2.05, 4.69) is 28.6 Å². The average Bonchev–Trinajstić information content (AvgIpc) is 3.46. The van der Waals surface area contributed by atoms with Gasteiger partial charge in [0, 0.05) is 36.9 Å². The van der Waals surface area contributed by atoms with E-state index in [4.69, 9.17) is 16.3 Å². The zero-order valence-electron chi connectivity index (χ0n) is 25.9. The Kier molecular flexibility index (Phi) is 11.7. The summed E-state index contributed by atoms with van der Waals surface area (Å²) in [5.74, 6) is 1.88. The molecule has 0 amide bonds. The maximum Gasteiger partial charge on any atom is 0.264 e. The summed E-state index contributed by atoms with van der Waals surface area (Å²) in [5, 5.41) is 1.78. The second-order valence-electron chi connectivity index (χ2n) is 13.4. The normalized spacial score (nSPS) is 33.7. The number of hydrogen-bond donors (Lipinski definition) is 2. The SMILES string of the molecule is CCC(=CC1=[N+](CCCCS(=O)(=O)O)C2CC(Cl)CCC2S1)C=C1OC2CC3CCCCC3CC2N1CCCCS(=O)(=O)O. The van der Waals surface area contributed by atoms with E-state index in [0.29, 0.717) is 49.6 Å². The van der Waals surface area contributed by atoms with E-state index >= 15 is 0 Å². The van der Waals surface area contributed by atoms with Gasteiger partial charge in [-0.1, -0.05) is 32.6 Å². The van der Waals surface area contributed by atoms with Crippen molar-refractivity contribution in [2.45, 2.75) is 126 Å². The van der Waals surface area contributed by atoms with Gasteiger partial charge in [0.05, 0.1) is 22.8 Å². The fraction of sp³-hybridized carbons (Fsp3) is 0.839. The molecule has 0 spiro atoms. The molecule has 5 aliphatic rings. The monoisotopic (exact) mass is 693 g/mol. The first-order chi connectivity index (χ1) is 20.9. The molecule has 0 aromatic carbocycles. The lowest BCUT2D eigenvalue weighted by molar-refractivity contribution is -0.562. The van der Waals surface area contributed by atoms with Crippen molar-refractivity contribution in [2.24, 2.45) is 11.8 Å². The molecule has 9 nitrogen and oxygen atoms in total. The second kappa shape index (κ2) is 15.0. The van der Waals surface area contributed by atoms with Crippen molar-refractivity contribution in [2.75, 3.05) is 24.6 Å². The molecule has 0 bridgehead atoms. The molecule has 2 heterocycles. The Morgan fingerprint density at radius 3 is 2.34 bits per heavy atom. The molecule has 2 aliphatic heterocycles. The molecule has 250 valence electrons. The molecule has 0 radical (unpaired) electrons. The Labute approximate surface area is 273 Å². The average molecular weight is 694 g/mol. The second-order valence-corrected chi connectivity index (χ2v) is 18.4. The van der Waals surface area contributed by atoms with Crippen LogP contribution in [0.25, 0.3) is 0 Å². The van der Waals surface area contributed by atoms with E-state index in [1.807, 2.05) is 11.8 Å². The van der Waals surface area contributed by atoms with Gasteiger partial charge >= 0.3 is 0 Å². The fourth-order valence-electron chi connectivity index (χ4n) is 8.07. The molecular formula is C31H50ClN2O7S3+. The number of allylic oxidation sites excluding steroid dienone is 2. The van der Waals surface area contributed by atoms with Crippen LogP contribution in [0.5, 0.6) is 0 Å². The number of fused-ring (bicyclic) bond motifs is 3. The number of thioether (sulfide) groups is 1. The van der Waals surface area contributed by atoms with E-state index < -0.39 is 20.2 Å². The molecule has 0 aromatic heterocycles. The van der Waals surface area contributed by atoms with Gasteiger partial charge in [0.25, 0.3) is 20.2 Å². The van der Waals surface area contributed by atoms with Crippen LogP contribution < -0.4 is 0 Å².